The Labute approximate surface area is 334 Å². The fourth-order valence-electron chi connectivity index (χ4n) is 7.54. The highest BCUT2D eigenvalue weighted by Crippen LogP contribution is 2.42. The highest BCUT2D eigenvalue weighted by Gasteiger charge is 2.20. The average Bonchev–Trinajstić information content (AvgIpc) is 3.85. The Hall–Kier alpha value is -7.21. The maximum atomic E-state index is 6.73. The van der Waals surface area contributed by atoms with E-state index in [1.807, 2.05) is 55.5 Å². The van der Waals surface area contributed by atoms with Gasteiger partial charge in [-0.25, -0.2) is 15.0 Å². The van der Waals surface area contributed by atoms with Gasteiger partial charge in [-0.15, -0.1) is 11.3 Å². The van der Waals surface area contributed by atoms with Crippen molar-refractivity contribution in [1.29, 1.82) is 0 Å². The molecule has 0 aliphatic rings. The second-order valence-corrected chi connectivity index (χ2v) is 15.1. The van der Waals surface area contributed by atoms with E-state index >= 15 is 0 Å². The molecular weight excluding hydrogens is 715 g/mol. The number of benzene rings is 7. The Morgan fingerprint density at radius 2 is 1.11 bits per heavy atom. The number of hydrogen-bond acceptors (Lipinski definition) is 5. The van der Waals surface area contributed by atoms with E-state index in [4.69, 9.17) is 19.4 Å². The summed E-state index contributed by atoms with van der Waals surface area (Å²) in [6, 6.07) is 55.3. The molecule has 0 fully saturated rings. The number of rotatable bonds is 8. The monoisotopic (exact) mass is 749 g/mol. The van der Waals surface area contributed by atoms with Crippen LogP contribution in [0.1, 0.15) is 12.7 Å². The molecule has 0 atom stereocenters. The van der Waals surface area contributed by atoms with Gasteiger partial charge in [0.2, 0.25) is 0 Å². The lowest BCUT2D eigenvalue weighted by atomic mass is 9.99. The summed E-state index contributed by atoms with van der Waals surface area (Å²) in [6.45, 7) is 6.35. The molecule has 7 aromatic carbocycles. The average molecular weight is 750 g/mol. The van der Waals surface area contributed by atoms with Crippen LogP contribution in [0.25, 0.3) is 104 Å². The molecule has 0 saturated heterocycles. The van der Waals surface area contributed by atoms with E-state index in [2.05, 4.69) is 140 Å². The van der Waals surface area contributed by atoms with Gasteiger partial charge in [0.1, 0.15) is 11.2 Å². The van der Waals surface area contributed by atoms with Gasteiger partial charge in [-0.1, -0.05) is 158 Å². The molecule has 0 aliphatic heterocycles. The molecule has 0 bridgehead atoms. The third-order valence-corrected chi connectivity index (χ3v) is 11.6. The van der Waals surface area contributed by atoms with Crippen molar-refractivity contribution in [2.75, 3.05) is 0 Å². The van der Waals surface area contributed by atoms with Crippen molar-refractivity contribution in [3.05, 3.63) is 194 Å². The summed E-state index contributed by atoms with van der Waals surface area (Å²) < 4.78 is 9.07. The molecule has 0 spiro atoms. The number of allylic oxidation sites excluding steroid dienone is 5. The standard InChI is InChI=1S/C52H35N3OS/c1-3-4-7-14-33(2)50-53-51(55-52(54-50)45-22-13-20-43-41-30-28-39(32-47(41)57-49(43)45)35-17-10-6-11-18-35)44-21-12-19-42-40-29-27-38(31-46(40)56-48(42)44)37-25-23-36(24-26-37)34-15-8-5-9-16-34/h3-32H,2H2,1H3/b4-3-,14-7-. The summed E-state index contributed by atoms with van der Waals surface area (Å²) in [5, 5.41) is 4.43. The van der Waals surface area contributed by atoms with Gasteiger partial charge >= 0.3 is 0 Å². The van der Waals surface area contributed by atoms with Crippen molar-refractivity contribution in [2.24, 2.45) is 0 Å². The predicted octanol–water partition coefficient (Wildman–Crippen LogP) is 14.6. The van der Waals surface area contributed by atoms with Crippen LogP contribution in [0.2, 0.25) is 0 Å². The number of nitrogens with zero attached hydrogens (tertiary/aromatic N) is 3. The van der Waals surface area contributed by atoms with Crippen LogP contribution >= 0.6 is 11.3 Å². The normalized spacial score (nSPS) is 11.9. The van der Waals surface area contributed by atoms with Gasteiger partial charge < -0.3 is 4.42 Å². The van der Waals surface area contributed by atoms with E-state index in [0.29, 0.717) is 23.0 Å². The van der Waals surface area contributed by atoms with E-state index in [0.717, 1.165) is 48.9 Å². The van der Waals surface area contributed by atoms with Crippen molar-refractivity contribution in [3.63, 3.8) is 0 Å². The first kappa shape index (κ1) is 34.3. The second kappa shape index (κ2) is 14.5. The first-order valence-corrected chi connectivity index (χ1v) is 19.8. The highest BCUT2D eigenvalue weighted by atomic mass is 32.1. The van der Waals surface area contributed by atoms with Crippen molar-refractivity contribution >= 4 is 59.0 Å². The largest absolute Gasteiger partial charge is 0.455 e. The van der Waals surface area contributed by atoms with E-state index < -0.39 is 0 Å². The minimum Gasteiger partial charge on any atom is -0.455 e. The molecule has 270 valence electrons. The first-order chi connectivity index (χ1) is 28.1. The zero-order valence-corrected chi connectivity index (χ0v) is 32.0. The van der Waals surface area contributed by atoms with E-state index in [-0.39, 0.29) is 0 Å². The van der Waals surface area contributed by atoms with Crippen LogP contribution in [0.15, 0.2) is 193 Å². The molecule has 0 saturated carbocycles. The minimum atomic E-state index is 0.509. The molecule has 0 radical (unpaired) electrons. The lowest BCUT2D eigenvalue weighted by Gasteiger charge is -2.09. The number of para-hydroxylation sites is 1. The van der Waals surface area contributed by atoms with E-state index in [1.165, 1.54) is 37.7 Å². The van der Waals surface area contributed by atoms with Crippen molar-refractivity contribution in [3.8, 4) is 56.2 Å². The molecular formula is C52H35N3OS. The molecule has 0 amide bonds. The van der Waals surface area contributed by atoms with Gasteiger partial charge in [-0.2, -0.15) is 0 Å². The Balaban J connectivity index is 1.10. The lowest BCUT2D eigenvalue weighted by molar-refractivity contribution is 0.669. The molecule has 0 N–H and O–H groups in total. The number of thiophene rings is 1. The van der Waals surface area contributed by atoms with Crippen LogP contribution in [0.4, 0.5) is 0 Å². The molecule has 3 heterocycles. The number of furan rings is 1. The quantitative estimate of drug-likeness (QED) is 0.145. The molecule has 57 heavy (non-hydrogen) atoms. The molecule has 0 aliphatic carbocycles. The van der Waals surface area contributed by atoms with E-state index in [9.17, 15) is 0 Å². The van der Waals surface area contributed by atoms with Crippen molar-refractivity contribution < 1.29 is 4.42 Å². The van der Waals surface area contributed by atoms with Crippen LogP contribution in [-0.4, -0.2) is 15.0 Å². The predicted molar refractivity (Wildman–Crippen MR) is 240 cm³/mol. The van der Waals surface area contributed by atoms with Gasteiger partial charge in [0.15, 0.2) is 17.5 Å². The number of aromatic nitrogens is 3. The minimum absolute atomic E-state index is 0.509. The third-order valence-electron chi connectivity index (χ3n) is 10.4. The van der Waals surface area contributed by atoms with Gasteiger partial charge in [-0.3, -0.25) is 0 Å². The van der Waals surface area contributed by atoms with Crippen molar-refractivity contribution in [1.82, 2.24) is 15.0 Å². The second-order valence-electron chi connectivity index (χ2n) is 14.0. The van der Waals surface area contributed by atoms with Gasteiger partial charge in [-0.05, 0) is 70.6 Å². The molecule has 10 rings (SSSR count). The molecule has 0 unspecified atom stereocenters. The topological polar surface area (TPSA) is 51.8 Å². The smallest absolute Gasteiger partial charge is 0.167 e. The van der Waals surface area contributed by atoms with Crippen LogP contribution in [-0.2, 0) is 0 Å². The summed E-state index contributed by atoms with van der Waals surface area (Å²) in [5.41, 5.74) is 11.0. The van der Waals surface area contributed by atoms with Gasteiger partial charge in [0, 0.05) is 42.1 Å². The first-order valence-electron chi connectivity index (χ1n) is 19.0. The maximum Gasteiger partial charge on any atom is 0.167 e. The van der Waals surface area contributed by atoms with Gasteiger partial charge in [0.25, 0.3) is 0 Å². The third kappa shape index (κ3) is 6.34. The Morgan fingerprint density at radius 3 is 1.82 bits per heavy atom. The van der Waals surface area contributed by atoms with E-state index in [1.54, 1.807) is 11.3 Å². The Kier molecular flexibility index (Phi) is 8.70. The number of fused-ring (bicyclic) bond motifs is 6. The zero-order chi connectivity index (χ0) is 38.3. The Bertz CT molecular complexity index is 3190. The molecule has 10 aromatic rings. The fourth-order valence-corrected chi connectivity index (χ4v) is 8.79. The van der Waals surface area contributed by atoms with Crippen LogP contribution in [0.5, 0.6) is 0 Å². The fraction of sp³-hybridized carbons (Fsp3) is 0.0192. The van der Waals surface area contributed by atoms with Crippen molar-refractivity contribution in [2.45, 2.75) is 6.92 Å². The molecule has 4 nitrogen and oxygen atoms in total. The van der Waals surface area contributed by atoms with Gasteiger partial charge in [0.05, 0.1) is 5.56 Å². The summed E-state index contributed by atoms with van der Waals surface area (Å²) in [5.74, 6) is 1.63. The SMILES string of the molecule is C=C(/C=C\C=C/C)c1nc(-c2cccc3c2oc2cc(-c4ccc(-c5ccccc5)cc4)ccc23)nc(-c2cccc3c2sc2cc(-c4ccccc4)ccc23)n1. The highest BCUT2D eigenvalue weighted by molar-refractivity contribution is 7.26. The lowest BCUT2D eigenvalue weighted by Crippen LogP contribution is -2.02. The number of hydrogen-bond donors (Lipinski definition) is 0. The molecule has 3 aromatic heterocycles. The van der Waals surface area contributed by atoms with Crippen LogP contribution < -0.4 is 0 Å². The van der Waals surface area contributed by atoms with Crippen LogP contribution in [0.3, 0.4) is 0 Å². The molecule has 5 heteroatoms. The van der Waals surface area contributed by atoms with Crippen LogP contribution in [0, 0.1) is 0 Å². The maximum absolute atomic E-state index is 6.73. The Morgan fingerprint density at radius 1 is 0.526 bits per heavy atom. The zero-order valence-electron chi connectivity index (χ0n) is 31.2. The summed E-state index contributed by atoms with van der Waals surface area (Å²) >= 11 is 1.76. The summed E-state index contributed by atoms with van der Waals surface area (Å²) in [4.78, 5) is 15.3. The summed E-state index contributed by atoms with van der Waals surface area (Å²) in [7, 11) is 0. The summed E-state index contributed by atoms with van der Waals surface area (Å²) in [6.07, 6.45) is 7.84.